The van der Waals surface area contributed by atoms with Gasteiger partial charge in [-0.2, -0.15) is 10.1 Å². The van der Waals surface area contributed by atoms with Crippen molar-refractivity contribution in [2.45, 2.75) is 6.54 Å². The predicted molar refractivity (Wildman–Crippen MR) is 129 cm³/mol. The van der Waals surface area contributed by atoms with Crippen molar-refractivity contribution in [3.8, 4) is 11.1 Å². The second-order valence-electron chi connectivity index (χ2n) is 8.44. The van der Waals surface area contributed by atoms with Crippen molar-refractivity contribution in [3.63, 3.8) is 0 Å². The Bertz CT molecular complexity index is 1390. The molecule has 1 fully saturated rings. The van der Waals surface area contributed by atoms with Gasteiger partial charge in [-0.15, -0.1) is 0 Å². The zero-order valence-corrected chi connectivity index (χ0v) is 18.4. The summed E-state index contributed by atoms with van der Waals surface area (Å²) in [6, 6.07) is 10.4. The fraction of sp³-hybridized carbons (Fsp3) is 0.250. The first-order valence-corrected chi connectivity index (χ1v) is 11.1. The van der Waals surface area contributed by atoms with Crippen LogP contribution in [0.4, 0.5) is 11.8 Å². The van der Waals surface area contributed by atoms with E-state index in [1.165, 1.54) is 0 Å². The molecular weight excluding hydrogens is 414 g/mol. The molecule has 0 saturated carbocycles. The third kappa shape index (κ3) is 3.87. The van der Waals surface area contributed by atoms with Gasteiger partial charge in [0.2, 0.25) is 5.95 Å². The Hall–Kier alpha value is -3.98. The zero-order valence-electron chi connectivity index (χ0n) is 18.4. The van der Waals surface area contributed by atoms with Gasteiger partial charge in [-0.05, 0) is 42.4 Å². The molecule has 9 nitrogen and oxygen atoms in total. The SMILES string of the molecule is CN1CCN(c2ccc(CNc3ncc4c(-c5ccn6nccc6c5)c[nH]c4n3)cn2)CC1. The lowest BCUT2D eigenvalue weighted by molar-refractivity contribution is 0.312. The van der Waals surface area contributed by atoms with Crippen LogP contribution in [0.3, 0.4) is 0 Å². The highest BCUT2D eigenvalue weighted by Gasteiger charge is 2.15. The second-order valence-corrected chi connectivity index (χ2v) is 8.44. The third-order valence-electron chi connectivity index (χ3n) is 6.23. The van der Waals surface area contributed by atoms with Crippen molar-refractivity contribution in [1.29, 1.82) is 0 Å². The number of rotatable bonds is 5. The maximum Gasteiger partial charge on any atom is 0.224 e. The van der Waals surface area contributed by atoms with Gasteiger partial charge < -0.3 is 20.1 Å². The molecule has 5 aromatic rings. The number of fused-ring (bicyclic) bond motifs is 2. The largest absolute Gasteiger partial charge is 0.354 e. The van der Waals surface area contributed by atoms with Gasteiger partial charge in [0.15, 0.2) is 0 Å². The van der Waals surface area contributed by atoms with Crippen molar-refractivity contribution in [1.82, 2.24) is 34.4 Å². The van der Waals surface area contributed by atoms with Gasteiger partial charge in [-0.25, -0.2) is 14.5 Å². The summed E-state index contributed by atoms with van der Waals surface area (Å²) < 4.78 is 1.85. The number of hydrogen-bond acceptors (Lipinski definition) is 7. The molecule has 6 heterocycles. The van der Waals surface area contributed by atoms with Crippen LogP contribution < -0.4 is 10.2 Å². The van der Waals surface area contributed by atoms with Gasteiger partial charge in [-0.1, -0.05) is 6.07 Å². The minimum Gasteiger partial charge on any atom is -0.354 e. The Morgan fingerprint density at radius 3 is 2.79 bits per heavy atom. The fourth-order valence-corrected chi connectivity index (χ4v) is 4.25. The molecule has 0 unspecified atom stereocenters. The van der Waals surface area contributed by atoms with Crippen LogP contribution in [0.1, 0.15) is 5.56 Å². The Kier molecular flexibility index (Phi) is 4.88. The van der Waals surface area contributed by atoms with Gasteiger partial charge in [0, 0.05) is 74.7 Å². The van der Waals surface area contributed by atoms with Crippen LogP contribution in [-0.2, 0) is 6.54 Å². The first kappa shape index (κ1) is 19.7. The Morgan fingerprint density at radius 1 is 1.03 bits per heavy atom. The summed E-state index contributed by atoms with van der Waals surface area (Å²) in [7, 11) is 2.16. The lowest BCUT2D eigenvalue weighted by Gasteiger charge is -2.33. The Labute approximate surface area is 191 Å². The van der Waals surface area contributed by atoms with Gasteiger partial charge in [0.05, 0.1) is 5.52 Å². The number of aromatic amines is 1. The number of aromatic nitrogens is 6. The number of anilines is 2. The number of hydrogen-bond donors (Lipinski definition) is 2. The molecular formula is C24H25N9. The van der Waals surface area contributed by atoms with E-state index in [4.69, 9.17) is 0 Å². The summed E-state index contributed by atoms with van der Waals surface area (Å²) in [5, 5.41) is 8.56. The van der Waals surface area contributed by atoms with Crippen LogP contribution >= 0.6 is 0 Å². The van der Waals surface area contributed by atoms with Gasteiger partial charge in [0.25, 0.3) is 0 Å². The van der Waals surface area contributed by atoms with Crippen LogP contribution in [-0.4, -0.2) is 67.7 Å². The Balaban J connectivity index is 1.15. The minimum atomic E-state index is 0.588. The molecule has 33 heavy (non-hydrogen) atoms. The van der Waals surface area contributed by atoms with Gasteiger partial charge in [0.1, 0.15) is 11.5 Å². The molecule has 1 aliphatic heterocycles. The van der Waals surface area contributed by atoms with E-state index in [9.17, 15) is 0 Å². The first-order chi connectivity index (χ1) is 16.2. The molecule has 0 bridgehead atoms. The standard InChI is InChI=1S/C24H25N9/c1-31-8-10-32(11-9-31)22-3-2-17(13-25-22)14-27-24-28-16-21-20(15-26-23(21)30-24)18-5-7-33-19(12-18)4-6-29-33/h2-7,12-13,15-16H,8-11,14H2,1H3,(H2,26,27,28,30). The lowest BCUT2D eigenvalue weighted by atomic mass is 10.1. The van der Waals surface area contributed by atoms with Crippen LogP contribution in [0.2, 0.25) is 0 Å². The van der Waals surface area contributed by atoms with E-state index in [2.05, 4.69) is 65.4 Å². The highest BCUT2D eigenvalue weighted by molar-refractivity contribution is 5.94. The predicted octanol–water partition coefficient (Wildman–Crippen LogP) is 3.03. The van der Waals surface area contributed by atoms with E-state index in [0.29, 0.717) is 12.5 Å². The number of nitrogens with zero attached hydrogens (tertiary/aromatic N) is 7. The summed E-state index contributed by atoms with van der Waals surface area (Å²) in [6.07, 6.45) is 9.53. The number of likely N-dealkylation sites (N-methyl/N-ethyl adjacent to an activating group) is 1. The second kappa shape index (κ2) is 8.18. The number of nitrogens with one attached hydrogen (secondary N) is 2. The van der Waals surface area contributed by atoms with Crippen LogP contribution in [0, 0.1) is 0 Å². The van der Waals surface area contributed by atoms with Crippen molar-refractivity contribution >= 4 is 28.3 Å². The molecule has 5 aromatic heterocycles. The van der Waals surface area contributed by atoms with E-state index in [-0.39, 0.29) is 0 Å². The molecule has 0 atom stereocenters. The number of pyridine rings is 2. The van der Waals surface area contributed by atoms with E-state index >= 15 is 0 Å². The topological polar surface area (TPSA) is 90.3 Å². The van der Waals surface area contributed by atoms with E-state index < -0.39 is 0 Å². The summed E-state index contributed by atoms with van der Waals surface area (Å²) in [5.41, 5.74) is 5.12. The highest BCUT2D eigenvalue weighted by Crippen LogP contribution is 2.28. The van der Waals surface area contributed by atoms with Crippen LogP contribution in [0.5, 0.6) is 0 Å². The fourth-order valence-electron chi connectivity index (χ4n) is 4.25. The average molecular weight is 440 g/mol. The first-order valence-electron chi connectivity index (χ1n) is 11.1. The smallest absolute Gasteiger partial charge is 0.224 e. The van der Waals surface area contributed by atoms with E-state index in [1.807, 2.05) is 41.4 Å². The number of H-pyrrole nitrogens is 1. The molecule has 0 spiro atoms. The third-order valence-corrected chi connectivity index (χ3v) is 6.23. The van der Waals surface area contributed by atoms with E-state index in [1.54, 1.807) is 6.20 Å². The summed E-state index contributed by atoms with van der Waals surface area (Å²) in [6.45, 7) is 4.80. The molecule has 1 aliphatic rings. The molecule has 6 rings (SSSR count). The molecule has 1 saturated heterocycles. The molecule has 2 N–H and O–H groups in total. The zero-order chi connectivity index (χ0) is 22.2. The van der Waals surface area contributed by atoms with Crippen molar-refractivity contribution in [2.24, 2.45) is 0 Å². The highest BCUT2D eigenvalue weighted by atomic mass is 15.3. The van der Waals surface area contributed by atoms with Crippen LogP contribution in [0.25, 0.3) is 27.7 Å². The normalized spacial score (nSPS) is 14.9. The quantitative estimate of drug-likeness (QED) is 0.435. The number of piperazine rings is 1. The van der Waals surface area contributed by atoms with Crippen molar-refractivity contribution in [2.75, 3.05) is 43.4 Å². The monoisotopic (exact) mass is 439 g/mol. The van der Waals surface area contributed by atoms with Crippen molar-refractivity contribution in [3.05, 3.63) is 66.9 Å². The summed E-state index contributed by atoms with van der Waals surface area (Å²) in [4.78, 5) is 21.8. The Morgan fingerprint density at radius 2 is 1.94 bits per heavy atom. The van der Waals surface area contributed by atoms with E-state index in [0.717, 1.165) is 65.2 Å². The maximum atomic E-state index is 4.66. The lowest BCUT2D eigenvalue weighted by Crippen LogP contribution is -2.44. The van der Waals surface area contributed by atoms with Crippen LogP contribution in [0.15, 0.2) is 61.3 Å². The molecule has 9 heteroatoms. The molecule has 166 valence electrons. The minimum absolute atomic E-state index is 0.588. The summed E-state index contributed by atoms with van der Waals surface area (Å²) in [5.74, 6) is 1.63. The molecule has 0 aliphatic carbocycles. The van der Waals surface area contributed by atoms with Gasteiger partial charge in [-0.3, -0.25) is 0 Å². The summed E-state index contributed by atoms with van der Waals surface area (Å²) >= 11 is 0. The van der Waals surface area contributed by atoms with Gasteiger partial charge >= 0.3 is 0 Å². The average Bonchev–Trinajstić information content (AvgIpc) is 3.50. The molecule has 0 aromatic carbocycles. The van der Waals surface area contributed by atoms with Crippen molar-refractivity contribution < 1.29 is 0 Å². The molecule has 0 amide bonds. The molecule has 0 radical (unpaired) electrons. The maximum absolute atomic E-state index is 4.66.